The molecular formula is C27H27BrN4O3. The molecule has 0 spiro atoms. The van der Waals surface area contributed by atoms with Gasteiger partial charge in [-0.2, -0.15) is 0 Å². The molecule has 0 saturated carbocycles. The van der Waals surface area contributed by atoms with Gasteiger partial charge in [0.25, 0.3) is 5.56 Å². The fraction of sp³-hybridized carbons (Fsp3) is 0.222. The van der Waals surface area contributed by atoms with Crippen molar-refractivity contribution in [2.24, 2.45) is 0 Å². The number of rotatable bonds is 7. The van der Waals surface area contributed by atoms with E-state index in [4.69, 9.17) is 9.72 Å². The molecule has 0 saturated heterocycles. The molecule has 0 aliphatic carbocycles. The number of carbonyl (C=O) groups excluding carboxylic acids is 1. The molecule has 1 atom stereocenters. The first-order valence-electron chi connectivity index (χ1n) is 11.5. The number of fused-ring (bicyclic) bond motifs is 1. The molecule has 0 bridgehead atoms. The molecule has 8 heteroatoms. The lowest BCUT2D eigenvalue weighted by Crippen LogP contribution is -2.40. The molecule has 7 nitrogen and oxygen atoms in total. The predicted molar refractivity (Wildman–Crippen MR) is 142 cm³/mol. The van der Waals surface area contributed by atoms with Crippen molar-refractivity contribution in [2.75, 3.05) is 19.0 Å². The highest BCUT2D eigenvalue weighted by Crippen LogP contribution is 2.27. The highest BCUT2D eigenvalue weighted by atomic mass is 79.9. The minimum Gasteiger partial charge on any atom is -0.497 e. The van der Waals surface area contributed by atoms with E-state index in [1.54, 1.807) is 34.8 Å². The normalized spacial score (nSPS) is 11.8. The van der Waals surface area contributed by atoms with E-state index in [0.29, 0.717) is 46.8 Å². The van der Waals surface area contributed by atoms with Gasteiger partial charge in [-0.25, -0.2) is 9.78 Å². The van der Waals surface area contributed by atoms with Crippen molar-refractivity contribution in [3.05, 3.63) is 93.4 Å². The molecular weight excluding hydrogens is 508 g/mol. The molecule has 180 valence electrons. The molecule has 4 aromatic rings. The maximum atomic E-state index is 13.7. The molecule has 0 fully saturated rings. The monoisotopic (exact) mass is 534 g/mol. The Labute approximate surface area is 212 Å². The fourth-order valence-corrected chi connectivity index (χ4v) is 4.56. The molecule has 4 rings (SSSR count). The van der Waals surface area contributed by atoms with Crippen molar-refractivity contribution in [1.82, 2.24) is 14.5 Å². The molecule has 1 unspecified atom stereocenters. The summed E-state index contributed by atoms with van der Waals surface area (Å²) in [6.07, 6.45) is 0.570. The summed E-state index contributed by atoms with van der Waals surface area (Å²) in [5.41, 5.74) is 1.75. The average Bonchev–Trinajstić information content (AvgIpc) is 2.87. The molecule has 0 aliphatic rings. The SMILES string of the molecule is CCC(c1nc2ccccc2c(=O)n1-c1ccc(OC)cc1)N(CC)C(=O)Nc1cccc(Br)c1. The van der Waals surface area contributed by atoms with Crippen LogP contribution in [0.1, 0.15) is 32.1 Å². The number of hydrogen-bond acceptors (Lipinski definition) is 4. The van der Waals surface area contributed by atoms with Crippen molar-refractivity contribution in [3.63, 3.8) is 0 Å². The second kappa shape index (κ2) is 10.7. The third kappa shape index (κ3) is 5.07. The van der Waals surface area contributed by atoms with Gasteiger partial charge in [0.15, 0.2) is 0 Å². The third-order valence-corrected chi connectivity index (χ3v) is 6.36. The van der Waals surface area contributed by atoms with Crippen molar-refractivity contribution in [2.45, 2.75) is 26.3 Å². The van der Waals surface area contributed by atoms with Crippen molar-refractivity contribution < 1.29 is 9.53 Å². The molecule has 1 N–H and O–H groups in total. The van der Waals surface area contributed by atoms with Crippen LogP contribution in [0.25, 0.3) is 16.6 Å². The Morgan fingerprint density at radius 2 is 1.83 bits per heavy atom. The number of anilines is 1. The lowest BCUT2D eigenvalue weighted by molar-refractivity contribution is 0.185. The van der Waals surface area contributed by atoms with E-state index in [-0.39, 0.29) is 11.6 Å². The predicted octanol–water partition coefficient (Wildman–Crippen LogP) is 6.16. The zero-order valence-corrected chi connectivity index (χ0v) is 21.5. The summed E-state index contributed by atoms with van der Waals surface area (Å²) in [6.45, 7) is 4.34. The highest BCUT2D eigenvalue weighted by Gasteiger charge is 2.28. The van der Waals surface area contributed by atoms with Gasteiger partial charge in [0.2, 0.25) is 0 Å². The second-order valence-electron chi connectivity index (χ2n) is 7.98. The van der Waals surface area contributed by atoms with Crippen LogP contribution in [0, 0.1) is 0 Å². The number of amides is 2. The first-order chi connectivity index (χ1) is 17.0. The summed E-state index contributed by atoms with van der Waals surface area (Å²) in [5.74, 6) is 1.19. The third-order valence-electron chi connectivity index (χ3n) is 5.87. The Morgan fingerprint density at radius 3 is 2.49 bits per heavy atom. The van der Waals surface area contributed by atoms with Gasteiger partial charge < -0.3 is 15.0 Å². The number of hydrogen-bond donors (Lipinski definition) is 1. The molecule has 1 aromatic heterocycles. The Kier molecular flexibility index (Phi) is 7.51. The quantitative estimate of drug-likeness (QED) is 0.308. The number of benzene rings is 3. The smallest absolute Gasteiger partial charge is 0.322 e. The van der Waals surface area contributed by atoms with Crippen LogP contribution in [0.5, 0.6) is 5.75 Å². The van der Waals surface area contributed by atoms with E-state index in [2.05, 4.69) is 21.2 Å². The van der Waals surface area contributed by atoms with Crippen molar-refractivity contribution in [3.8, 4) is 11.4 Å². The lowest BCUT2D eigenvalue weighted by atomic mass is 10.1. The van der Waals surface area contributed by atoms with Crippen LogP contribution in [0.3, 0.4) is 0 Å². The number of halogens is 1. The molecule has 2 amide bonds. The number of ether oxygens (including phenoxy) is 1. The Hall–Kier alpha value is -3.65. The van der Waals surface area contributed by atoms with Crippen LogP contribution in [0.2, 0.25) is 0 Å². The summed E-state index contributed by atoms with van der Waals surface area (Å²) in [7, 11) is 1.60. The largest absolute Gasteiger partial charge is 0.497 e. The number of nitrogens with one attached hydrogen (secondary N) is 1. The van der Waals surface area contributed by atoms with E-state index >= 15 is 0 Å². The van der Waals surface area contributed by atoms with Gasteiger partial charge in [-0.15, -0.1) is 0 Å². The van der Waals surface area contributed by atoms with Gasteiger partial charge in [-0.3, -0.25) is 9.36 Å². The van der Waals surface area contributed by atoms with E-state index in [1.165, 1.54) is 0 Å². The number of aromatic nitrogens is 2. The summed E-state index contributed by atoms with van der Waals surface area (Å²) < 4.78 is 7.76. The fourth-order valence-electron chi connectivity index (χ4n) is 4.16. The highest BCUT2D eigenvalue weighted by molar-refractivity contribution is 9.10. The summed E-state index contributed by atoms with van der Waals surface area (Å²) in [5, 5.41) is 3.49. The molecule has 3 aromatic carbocycles. The second-order valence-corrected chi connectivity index (χ2v) is 8.89. The standard InChI is InChI=1S/C27H27BrN4O3/c1-4-24(31(5-2)27(34)29-19-10-8-9-18(28)17-19)25-30-23-12-7-6-11-22(23)26(33)32(25)20-13-15-21(35-3)16-14-20/h6-17,24H,4-5H2,1-3H3,(H,29,34). The van der Waals surface area contributed by atoms with Gasteiger partial charge in [-0.05, 0) is 67.9 Å². The number of nitrogens with zero attached hydrogens (tertiary/aromatic N) is 3. The molecule has 1 heterocycles. The summed E-state index contributed by atoms with van der Waals surface area (Å²) in [4.78, 5) is 33.7. The minimum atomic E-state index is -0.438. The Morgan fingerprint density at radius 1 is 1.09 bits per heavy atom. The van der Waals surface area contributed by atoms with Crippen molar-refractivity contribution >= 4 is 38.6 Å². The van der Waals surface area contributed by atoms with Gasteiger partial charge in [0.05, 0.1) is 29.7 Å². The Bertz CT molecular complexity index is 1400. The van der Waals surface area contributed by atoms with E-state index < -0.39 is 6.04 Å². The zero-order valence-electron chi connectivity index (χ0n) is 19.9. The van der Waals surface area contributed by atoms with Gasteiger partial charge >= 0.3 is 6.03 Å². The number of carbonyl (C=O) groups is 1. The average molecular weight is 535 g/mol. The summed E-state index contributed by atoms with van der Waals surface area (Å²) >= 11 is 3.44. The van der Waals surface area contributed by atoms with Crippen LogP contribution < -0.4 is 15.6 Å². The summed E-state index contributed by atoms with van der Waals surface area (Å²) in [6, 6.07) is 21.3. The first kappa shape index (κ1) is 24.5. The first-order valence-corrected chi connectivity index (χ1v) is 12.2. The van der Waals surface area contributed by atoms with Gasteiger partial charge in [0.1, 0.15) is 11.6 Å². The van der Waals surface area contributed by atoms with Gasteiger partial charge in [0, 0.05) is 16.7 Å². The van der Waals surface area contributed by atoms with Crippen LogP contribution >= 0.6 is 15.9 Å². The van der Waals surface area contributed by atoms with Crippen LogP contribution in [0.4, 0.5) is 10.5 Å². The topological polar surface area (TPSA) is 76.5 Å². The van der Waals surface area contributed by atoms with Gasteiger partial charge in [-0.1, -0.05) is 41.1 Å². The molecule has 35 heavy (non-hydrogen) atoms. The maximum absolute atomic E-state index is 13.7. The molecule has 0 aliphatic heterocycles. The lowest BCUT2D eigenvalue weighted by Gasteiger charge is -2.31. The van der Waals surface area contributed by atoms with E-state index in [0.717, 1.165) is 4.47 Å². The van der Waals surface area contributed by atoms with E-state index in [1.807, 2.05) is 68.4 Å². The minimum absolute atomic E-state index is 0.183. The van der Waals surface area contributed by atoms with Crippen LogP contribution in [0.15, 0.2) is 82.1 Å². The van der Waals surface area contributed by atoms with Crippen LogP contribution in [-0.4, -0.2) is 34.1 Å². The number of methoxy groups -OCH3 is 1. The zero-order chi connectivity index (χ0) is 24.9. The number of urea groups is 1. The number of para-hydroxylation sites is 1. The molecule has 0 radical (unpaired) electrons. The maximum Gasteiger partial charge on any atom is 0.322 e. The van der Waals surface area contributed by atoms with Crippen LogP contribution in [-0.2, 0) is 0 Å². The van der Waals surface area contributed by atoms with E-state index in [9.17, 15) is 9.59 Å². The Balaban J connectivity index is 1.84. The van der Waals surface area contributed by atoms with Crippen molar-refractivity contribution in [1.29, 1.82) is 0 Å².